The number of aliphatic hydroxyl groups excluding tert-OH is 1. The van der Waals surface area contributed by atoms with Gasteiger partial charge in [0.15, 0.2) is 5.65 Å². The van der Waals surface area contributed by atoms with Crippen LogP contribution in [0.4, 0.5) is 5.69 Å². The third kappa shape index (κ3) is 4.04. The number of fused-ring (bicyclic) bond motifs is 1. The number of hydrogen-bond donors (Lipinski definition) is 5. The van der Waals surface area contributed by atoms with E-state index in [1.807, 2.05) is 0 Å². The Bertz CT molecular complexity index is 1070. The molecule has 1 amide bonds. The van der Waals surface area contributed by atoms with Crippen LogP contribution >= 0.6 is 0 Å². The summed E-state index contributed by atoms with van der Waals surface area (Å²) in [4.78, 5) is 24.4. The molecule has 0 spiro atoms. The van der Waals surface area contributed by atoms with Gasteiger partial charge in [0.25, 0.3) is 5.91 Å². The predicted octanol–water partition coefficient (Wildman–Crippen LogP) is 1.93. The van der Waals surface area contributed by atoms with Gasteiger partial charge < -0.3 is 25.5 Å². The average Bonchev–Trinajstić information content (AvgIpc) is 3.15. The number of nitrogens with zero attached hydrogens (tertiary/aromatic N) is 2. The zero-order chi connectivity index (χ0) is 21.2. The second-order valence-electron chi connectivity index (χ2n) is 7.19. The molecule has 0 aliphatic rings. The largest absolute Gasteiger partial charge is 0.497 e. The molecule has 0 saturated carbocycles. The lowest BCUT2D eigenvalue weighted by molar-refractivity contribution is 0.0871. The molecule has 2 aromatic heterocycles. The van der Waals surface area contributed by atoms with Crippen molar-refractivity contribution in [2.45, 2.75) is 19.4 Å². The number of aliphatic hydroxyl groups is 1. The molecule has 0 atom stereocenters. The summed E-state index contributed by atoms with van der Waals surface area (Å²) in [5.74, 6) is 0.289. The Morgan fingerprint density at radius 3 is 2.76 bits per heavy atom. The molecule has 0 fully saturated rings. The van der Waals surface area contributed by atoms with E-state index in [0.717, 1.165) is 0 Å². The molecule has 152 valence electrons. The Morgan fingerprint density at radius 1 is 1.34 bits per heavy atom. The zero-order valence-corrected chi connectivity index (χ0v) is 16.8. The Hall–Kier alpha value is -3.46. The average molecular weight is 396 g/mol. The van der Waals surface area contributed by atoms with E-state index in [2.05, 4.69) is 25.6 Å². The van der Waals surface area contributed by atoms with Crippen molar-refractivity contribution in [1.82, 2.24) is 20.3 Å². The maximum atomic E-state index is 12.6. The lowest BCUT2D eigenvalue weighted by Gasteiger charge is -2.23. The van der Waals surface area contributed by atoms with Crippen LogP contribution in [0.15, 0.2) is 30.6 Å². The van der Waals surface area contributed by atoms with E-state index in [1.54, 1.807) is 46.2 Å². The molecular formula is C20H24N6O3. The molecule has 0 unspecified atom stereocenters. The van der Waals surface area contributed by atoms with Crippen molar-refractivity contribution >= 4 is 28.5 Å². The van der Waals surface area contributed by atoms with Crippen molar-refractivity contribution in [3.05, 3.63) is 47.4 Å². The van der Waals surface area contributed by atoms with Crippen LogP contribution in [0, 0.1) is 5.41 Å². The molecule has 0 bridgehead atoms. The molecule has 1 aromatic carbocycles. The fraction of sp³-hybridized carbons (Fsp3) is 0.300. The summed E-state index contributed by atoms with van der Waals surface area (Å²) in [6.07, 6.45) is 3.01. The zero-order valence-electron chi connectivity index (χ0n) is 16.8. The fourth-order valence-corrected chi connectivity index (χ4v) is 2.81. The van der Waals surface area contributed by atoms with Crippen LogP contribution in [0.3, 0.4) is 0 Å². The number of H-pyrrole nitrogens is 1. The van der Waals surface area contributed by atoms with E-state index in [-0.39, 0.29) is 18.2 Å². The Labute approximate surface area is 168 Å². The van der Waals surface area contributed by atoms with Gasteiger partial charge in [0.2, 0.25) is 0 Å². The standard InChI is InChI=1S/C20H24N6O3/c1-20(2,10-27)26-19(28)13-8-23-18-17(13)25-15(9-24-18)16(21)12-6-5-11(29-4)7-14(12)22-3/h5-9,21-22,27H,10H2,1-4H3,(H,23,24)(H,26,28). The highest BCUT2D eigenvalue weighted by molar-refractivity contribution is 6.14. The minimum Gasteiger partial charge on any atom is -0.497 e. The van der Waals surface area contributed by atoms with Gasteiger partial charge >= 0.3 is 0 Å². The van der Waals surface area contributed by atoms with E-state index < -0.39 is 5.54 Å². The van der Waals surface area contributed by atoms with Crippen molar-refractivity contribution in [2.24, 2.45) is 0 Å². The first-order valence-electron chi connectivity index (χ1n) is 9.02. The van der Waals surface area contributed by atoms with Crippen LogP contribution in [0.25, 0.3) is 11.2 Å². The molecular weight excluding hydrogens is 372 g/mol. The van der Waals surface area contributed by atoms with E-state index in [0.29, 0.717) is 39.4 Å². The van der Waals surface area contributed by atoms with Crippen molar-refractivity contribution in [3.8, 4) is 5.75 Å². The number of nitrogens with one attached hydrogen (secondary N) is 4. The van der Waals surface area contributed by atoms with Crippen molar-refractivity contribution in [3.63, 3.8) is 0 Å². The van der Waals surface area contributed by atoms with Gasteiger partial charge in [-0.25, -0.2) is 9.97 Å². The summed E-state index contributed by atoms with van der Waals surface area (Å²) in [6.45, 7) is 3.23. The number of anilines is 1. The first-order valence-corrected chi connectivity index (χ1v) is 9.02. The van der Waals surface area contributed by atoms with Gasteiger partial charge in [-0.05, 0) is 26.0 Å². The van der Waals surface area contributed by atoms with Crippen LogP contribution in [-0.4, -0.2) is 58.0 Å². The number of aromatic amines is 1. The number of carbonyl (C=O) groups excluding carboxylic acids is 1. The summed E-state index contributed by atoms with van der Waals surface area (Å²) in [5, 5.41) is 23.8. The first-order chi connectivity index (χ1) is 13.8. The molecule has 0 saturated heterocycles. The number of ether oxygens (including phenoxy) is 1. The Kier molecular flexibility index (Phi) is 5.51. The van der Waals surface area contributed by atoms with Gasteiger partial charge in [-0.2, -0.15) is 0 Å². The maximum absolute atomic E-state index is 12.6. The van der Waals surface area contributed by atoms with Gasteiger partial charge in [-0.15, -0.1) is 0 Å². The van der Waals surface area contributed by atoms with Crippen molar-refractivity contribution < 1.29 is 14.6 Å². The number of carbonyl (C=O) groups is 1. The monoisotopic (exact) mass is 396 g/mol. The van der Waals surface area contributed by atoms with Crippen LogP contribution in [0.5, 0.6) is 5.75 Å². The quantitative estimate of drug-likeness (QED) is 0.387. The number of rotatable bonds is 7. The first kappa shape index (κ1) is 20.3. The predicted molar refractivity (Wildman–Crippen MR) is 111 cm³/mol. The highest BCUT2D eigenvalue weighted by Gasteiger charge is 2.23. The third-order valence-electron chi connectivity index (χ3n) is 4.49. The SMILES string of the molecule is CNc1cc(OC)ccc1C(=N)c1cnc2[nH]cc(C(=O)NC(C)(C)CO)c2n1. The lowest BCUT2D eigenvalue weighted by Crippen LogP contribution is -2.46. The molecule has 9 nitrogen and oxygen atoms in total. The minimum absolute atomic E-state index is 0.162. The Balaban J connectivity index is 2.00. The van der Waals surface area contributed by atoms with Gasteiger partial charge in [0.05, 0.1) is 36.7 Å². The number of aromatic nitrogens is 3. The smallest absolute Gasteiger partial charge is 0.255 e. The molecule has 9 heteroatoms. The summed E-state index contributed by atoms with van der Waals surface area (Å²) < 4.78 is 5.23. The highest BCUT2D eigenvalue weighted by atomic mass is 16.5. The molecule has 0 aliphatic heterocycles. The summed E-state index contributed by atoms with van der Waals surface area (Å²) in [5.41, 5.74) is 2.16. The van der Waals surface area contributed by atoms with Crippen LogP contribution in [0.1, 0.15) is 35.5 Å². The summed E-state index contributed by atoms with van der Waals surface area (Å²) >= 11 is 0. The molecule has 2 heterocycles. The molecule has 0 radical (unpaired) electrons. The lowest BCUT2D eigenvalue weighted by atomic mass is 10.0. The molecule has 5 N–H and O–H groups in total. The topological polar surface area (TPSA) is 136 Å². The van der Waals surface area contributed by atoms with Gasteiger partial charge in [0, 0.05) is 30.6 Å². The Morgan fingerprint density at radius 2 is 2.10 bits per heavy atom. The minimum atomic E-state index is -0.775. The number of benzene rings is 1. The van der Waals surface area contributed by atoms with E-state index in [4.69, 9.17) is 10.1 Å². The van der Waals surface area contributed by atoms with Gasteiger partial charge in [0.1, 0.15) is 17.0 Å². The van der Waals surface area contributed by atoms with Gasteiger partial charge in [-0.1, -0.05) is 0 Å². The highest BCUT2D eigenvalue weighted by Crippen LogP contribution is 2.25. The van der Waals surface area contributed by atoms with Crippen LogP contribution in [-0.2, 0) is 0 Å². The second-order valence-corrected chi connectivity index (χ2v) is 7.19. The molecule has 29 heavy (non-hydrogen) atoms. The summed E-state index contributed by atoms with van der Waals surface area (Å²) in [6, 6.07) is 5.33. The fourth-order valence-electron chi connectivity index (χ4n) is 2.81. The third-order valence-corrected chi connectivity index (χ3v) is 4.49. The second kappa shape index (κ2) is 7.88. The number of methoxy groups -OCH3 is 1. The van der Waals surface area contributed by atoms with Crippen LogP contribution < -0.4 is 15.4 Å². The van der Waals surface area contributed by atoms with E-state index >= 15 is 0 Å². The van der Waals surface area contributed by atoms with Crippen molar-refractivity contribution in [1.29, 1.82) is 5.41 Å². The summed E-state index contributed by atoms with van der Waals surface area (Å²) in [7, 11) is 3.34. The maximum Gasteiger partial charge on any atom is 0.255 e. The molecule has 0 aliphatic carbocycles. The van der Waals surface area contributed by atoms with Gasteiger partial charge in [-0.3, -0.25) is 10.2 Å². The van der Waals surface area contributed by atoms with E-state index in [1.165, 1.54) is 12.4 Å². The van der Waals surface area contributed by atoms with Crippen LogP contribution in [0.2, 0.25) is 0 Å². The number of amides is 1. The molecule has 3 aromatic rings. The normalized spacial score (nSPS) is 11.3. The van der Waals surface area contributed by atoms with E-state index in [9.17, 15) is 9.90 Å². The number of hydrogen-bond acceptors (Lipinski definition) is 7. The molecule has 3 rings (SSSR count). The van der Waals surface area contributed by atoms with Crippen molar-refractivity contribution in [2.75, 3.05) is 26.1 Å².